The summed E-state index contributed by atoms with van der Waals surface area (Å²) < 4.78 is 57.5. The lowest BCUT2D eigenvalue weighted by molar-refractivity contribution is -0.115. The van der Waals surface area contributed by atoms with Gasteiger partial charge in [0.05, 0.1) is 11.7 Å². The number of ether oxygens (including phenoxy) is 1. The minimum atomic E-state index is -3.05. The van der Waals surface area contributed by atoms with Gasteiger partial charge in [-0.1, -0.05) is 48.5 Å². The molecular formula is C27H24F4N2O2. The van der Waals surface area contributed by atoms with Crippen molar-refractivity contribution in [1.29, 1.82) is 0 Å². The number of hydrogen-bond acceptors (Lipinski definition) is 3. The average Bonchev–Trinajstić information content (AvgIpc) is 3.15. The lowest BCUT2D eigenvalue weighted by atomic mass is 10.0. The van der Waals surface area contributed by atoms with Crippen LogP contribution < -0.4 is 15.0 Å². The summed E-state index contributed by atoms with van der Waals surface area (Å²) in [4.78, 5) is 14.9. The molecule has 0 fully saturated rings. The van der Waals surface area contributed by atoms with Crippen molar-refractivity contribution in [3.8, 4) is 5.75 Å². The number of benzene rings is 3. The number of amides is 1. The Labute approximate surface area is 200 Å². The highest BCUT2D eigenvalue weighted by atomic mass is 19.3. The second-order valence-electron chi connectivity index (χ2n) is 8.36. The Bertz CT molecular complexity index is 1210. The van der Waals surface area contributed by atoms with Gasteiger partial charge in [-0.15, -0.1) is 0 Å². The first-order chi connectivity index (χ1) is 16.6. The average molecular weight is 484 g/mol. The predicted octanol–water partition coefficient (Wildman–Crippen LogP) is 6.72. The molecule has 4 nitrogen and oxygen atoms in total. The standard InChI is InChI=1S/C27H24F4N2O2/c1-17(18-7-4-3-5-8-18)32-23-16-24(19-9-6-10-20(15-19)27(2,30)31)33(25(23)34)21-11-13-22(14-12-21)35-26(28)29/h3-17,24,26,32H,1-2H3/t17-,24+/m1/s1. The maximum Gasteiger partial charge on any atom is 0.387 e. The highest BCUT2D eigenvalue weighted by Crippen LogP contribution is 2.38. The first kappa shape index (κ1) is 24.3. The highest BCUT2D eigenvalue weighted by molar-refractivity contribution is 6.09. The topological polar surface area (TPSA) is 41.6 Å². The molecule has 1 amide bonds. The first-order valence-electron chi connectivity index (χ1n) is 11.0. The summed E-state index contributed by atoms with van der Waals surface area (Å²) in [5.41, 5.74) is 2.02. The fourth-order valence-corrected chi connectivity index (χ4v) is 4.03. The number of nitrogens with zero attached hydrogens (tertiary/aromatic N) is 1. The number of nitrogens with one attached hydrogen (secondary N) is 1. The van der Waals surface area contributed by atoms with Crippen molar-refractivity contribution in [1.82, 2.24) is 5.32 Å². The summed E-state index contributed by atoms with van der Waals surface area (Å²) in [6.45, 7) is -0.247. The lowest BCUT2D eigenvalue weighted by Gasteiger charge is -2.26. The van der Waals surface area contributed by atoms with Crippen molar-refractivity contribution in [2.75, 3.05) is 4.90 Å². The second kappa shape index (κ2) is 9.82. The Morgan fingerprint density at radius 1 is 0.971 bits per heavy atom. The third kappa shape index (κ3) is 5.48. The Balaban J connectivity index is 1.70. The summed E-state index contributed by atoms with van der Waals surface area (Å²) in [5, 5.41) is 3.22. The molecule has 0 aliphatic carbocycles. The van der Waals surface area contributed by atoms with Crippen molar-refractivity contribution in [2.24, 2.45) is 0 Å². The van der Waals surface area contributed by atoms with Gasteiger partial charge < -0.3 is 10.1 Å². The molecule has 0 bridgehead atoms. The van der Waals surface area contributed by atoms with E-state index in [1.807, 2.05) is 37.3 Å². The fourth-order valence-electron chi connectivity index (χ4n) is 4.03. The first-order valence-corrected chi connectivity index (χ1v) is 11.0. The molecule has 0 saturated heterocycles. The van der Waals surface area contributed by atoms with Gasteiger partial charge in [-0.3, -0.25) is 9.69 Å². The Morgan fingerprint density at radius 3 is 2.29 bits per heavy atom. The fraction of sp³-hybridized carbons (Fsp3) is 0.222. The molecule has 3 aromatic carbocycles. The molecule has 4 rings (SSSR count). The van der Waals surface area contributed by atoms with Gasteiger partial charge in [-0.25, -0.2) is 8.78 Å². The zero-order valence-corrected chi connectivity index (χ0v) is 19.1. The molecule has 35 heavy (non-hydrogen) atoms. The van der Waals surface area contributed by atoms with Crippen LogP contribution >= 0.6 is 0 Å². The van der Waals surface area contributed by atoms with Gasteiger partial charge in [-0.2, -0.15) is 8.78 Å². The minimum absolute atomic E-state index is 0.0522. The summed E-state index contributed by atoms with van der Waals surface area (Å²) in [6, 6.07) is 20.2. The molecule has 1 aliphatic heterocycles. The maximum atomic E-state index is 14.0. The van der Waals surface area contributed by atoms with E-state index in [1.54, 1.807) is 12.1 Å². The number of anilines is 1. The van der Waals surface area contributed by atoms with E-state index in [0.717, 1.165) is 12.5 Å². The molecule has 0 radical (unpaired) electrons. The van der Waals surface area contributed by atoms with Gasteiger partial charge in [0.25, 0.3) is 11.8 Å². The molecular weight excluding hydrogens is 460 g/mol. The molecule has 0 saturated carbocycles. The molecule has 1 heterocycles. The SMILES string of the molecule is C[C@@H](NC1=C[C@@H](c2cccc(C(C)(F)F)c2)N(c2ccc(OC(F)F)cc2)C1=O)c1ccccc1. The van der Waals surface area contributed by atoms with E-state index in [0.29, 0.717) is 16.9 Å². The van der Waals surface area contributed by atoms with E-state index < -0.39 is 18.6 Å². The van der Waals surface area contributed by atoms with Gasteiger partial charge in [0, 0.05) is 24.2 Å². The predicted molar refractivity (Wildman–Crippen MR) is 125 cm³/mol. The molecule has 8 heteroatoms. The Hall–Kier alpha value is -3.81. The van der Waals surface area contributed by atoms with E-state index in [4.69, 9.17) is 0 Å². The molecule has 1 aliphatic rings. The van der Waals surface area contributed by atoms with Crippen molar-refractivity contribution in [3.05, 3.63) is 107 Å². The van der Waals surface area contributed by atoms with Crippen molar-refractivity contribution < 1.29 is 27.1 Å². The zero-order valence-electron chi connectivity index (χ0n) is 19.1. The number of halogens is 4. The highest BCUT2D eigenvalue weighted by Gasteiger charge is 2.36. The molecule has 182 valence electrons. The van der Waals surface area contributed by atoms with Crippen LogP contribution in [-0.4, -0.2) is 12.5 Å². The van der Waals surface area contributed by atoms with E-state index >= 15 is 0 Å². The quantitative estimate of drug-likeness (QED) is 0.361. The zero-order chi connectivity index (χ0) is 25.2. The monoisotopic (exact) mass is 484 g/mol. The normalized spacial score (nSPS) is 16.9. The van der Waals surface area contributed by atoms with Crippen LogP contribution in [0.2, 0.25) is 0 Å². The van der Waals surface area contributed by atoms with Crippen LogP contribution in [0.25, 0.3) is 0 Å². The minimum Gasteiger partial charge on any atom is -0.435 e. The van der Waals surface area contributed by atoms with Gasteiger partial charge in [0.2, 0.25) is 0 Å². The summed E-state index contributed by atoms with van der Waals surface area (Å²) in [7, 11) is 0. The van der Waals surface area contributed by atoms with Gasteiger partial charge >= 0.3 is 6.61 Å². The molecule has 0 unspecified atom stereocenters. The van der Waals surface area contributed by atoms with Crippen LogP contribution in [0.3, 0.4) is 0 Å². The number of hydrogen-bond donors (Lipinski definition) is 1. The van der Waals surface area contributed by atoms with Crippen LogP contribution in [0, 0.1) is 0 Å². The smallest absolute Gasteiger partial charge is 0.387 e. The molecule has 0 spiro atoms. The maximum absolute atomic E-state index is 14.0. The van der Waals surface area contributed by atoms with Crippen molar-refractivity contribution >= 4 is 11.6 Å². The lowest BCUT2D eigenvalue weighted by Crippen LogP contribution is -2.33. The van der Waals surface area contributed by atoms with Gasteiger partial charge in [0.1, 0.15) is 5.75 Å². The number of alkyl halides is 4. The number of carbonyl (C=O) groups is 1. The van der Waals surface area contributed by atoms with E-state index in [1.165, 1.54) is 47.4 Å². The largest absolute Gasteiger partial charge is 0.435 e. The summed E-state index contributed by atoms with van der Waals surface area (Å²) in [6.07, 6.45) is 1.69. The molecule has 0 aromatic heterocycles. The molecule has 1 N–H and O–H groups in total. The third-order valence-corrected chi connectivity index (χ3v) is 5.80. The molecule has 2 atom stereocenters. The van der Waals surface area contributed by atoms with Crippen LogP contribution in [0.15, 0.2) is 90.6 Å². The van der Waals surface area contributed by atoms with Crippen LogP contribution in [0.4, 0.5) is 23.2 Å². The van der Waals surface area contributed by atoms with Crippen molar-refractivity contribution in [2.45, 2.75) is 38.5 Å². The van der Waals surface area contributed by atoms with Crippen LogP contribution in [0.5, 0.6) is 5.75 Å². The van der Waals surface area contributed by atoms with Crippen LogP contribution in [0.1, 0.15) is 42.6 Å². The summed E-state index contributed by atoms with van der Waals surface area (Å²) in [5.74, 6) is -3.47. The van der Waals surface area contributed by atoms with Crippen LogP contribution in [-0.2, 0) is 10.7 Å². The van der Waals surface area contributed by atoms with Crippen molar-refractivity contribution in [3.63, 3.8) is 0 Å². The Morgan fingerprint density at radius 2 is 1.66 bits per heavy atom. The summed E-state index contributed by atoms with van der Waals surface area (Å²) >= 11 is 0. The van der Waals surface area contributed by atoms with E-state index in [2.05, 4.69) is 10.1 Å². The van der Waals surface area contributed by atoms with E-state index in [-0.39, 0.29) is 23.3 Å². The third-order valence-electron chi connectivity index (χ3n) is 5.80. The second-order valence-corrected chi connectivity index (χ2v) is 8.36. The molecule has 3 aromatic rings. The number of rotatable bonds is 8. The van der Waals surface area contributed by atoms with Gasteiger partial charge in [0.15, 0.2) is 0 Å². The Kier molecular flexibility index (Phi) is 6.82. The van der Waals surface area contributed by atoms with Gasteiger partial charge in [-0.05, 0) is 54.5 Å². The number of carbonyl (C=O) groups excluding carboxylic acids is 1. The van der Waals surface area contributed by atoms with E-state index in [9.17, 15) is 22.4 Å².